The van der Waals surface area contributed by atoms with Crippen LogP contribution in [0.1, 0.15) is 18.9 Å². The average molecular weight is 252 g/mol. The van der Waals surface area contributed by atoms with Gasteiger partial charge < -0.3 is 15.0 Å². The molecule has 0 spiro atoms. The zero-order valence-electron chi connectivity index (χ0n) is 10.9. The van der Waals surface area contributed by atoms with Gasteiger partial charge in [0.2, 0.25) is 0 Å². The first-order valence-corrected chi connectivity index (χ1v) is 6.63. The van der Waals surface area contributed by atoms with Gasteiger partial charge in [-0.05, 0) is 36.7 Å². The second-order valence-electron chi connectivity index (χ2n) is 4.55. The van der Waals surface area contributed by atoms with E-state index >= 15 is 0 Å². The predicted molar refractivity (Wildman–Crippen MR) is 71.4 cm³/mol. The van der Waals surface area contributed by atoms with Crippen molar-refractivity contribution < 1.29 is 9.13 Å². The lowest BCUT2D eigenvalue weighted by Crippen LogP contribution is -2.37. The fraction of sp³-hybridized carbons (Fsp3) is 0.571. The molecule has 1 aliphatic rings. The van der Waals surface area contributed by atoms with Gasteiger partial charge in [0.25, 0.3) is 0 Å². The molecule has 0 bridgehead atoms. The number of nitrogens with zero attached hydrogens (tertiary/aromatic N) is 1. The van der Waals surface area contributed by atoms with Crippen molar-refractivity contribution in [2.24, 2.45) is 0 Å². The van der Waals surface area contributed by atoms with Gasteiger partial charge in [0.15, 0.2) is 0 Å². The van der Waals surface area contributed by atoms with Gasteiger partial charge in [-0.15, -0.1) is 0 Å². The molecule has 18 heavy (non-hydrogen) atoms. The highest BCUT2D eigenvalue weighted by Crippen LogP contribution is 2.22. The minimum atomic E-state index is -0.166. The Morgan fingerprint density at radius 1 is 1.33 bits per heavy atom. The van der Waals surface area contributed by atoms with Crippen LogP contribution in [-0.2, 0) is 11.3 Å². The van der Waals surface area contributed by atoms with Crippen LogP contribution in [0.5, 0.6) is 0 Å². The van der Waals surface area contributed by atoms with Crippen molar-refractivity contribution in [2.45, 2.75) is 19.9 Å². The Morgan fingerprint density at radius 2 is 2.11 bits per heavy atom. The summed E-state index contributed by atoms with van der Waals surface area (Å²) in [6.07, 6.45) is 1.09. The van der Waals surface area contributed by atoms with Gasteiger partial charge in [0.1, 0.15) is 5.82 Å². The Morgan fingerprint density at radius 3 is 2.83 bits per heavy atom. The Bertz CT molecular complexity index is 378. The second kappa shape index (κ2) is 6.71. The molecule has 1 heterocycles. The Kier molecular flexibility index (Phi) is 4.96. The number of halogens is 1. The van der Waals surface area contributed by atoms with E-state index in [0.29, 0.717) is 0 Å². The van der Waals surface area contributed by atoms with Gasteiger partial charge in [-0.1, -0.05) is 6.92 Å². The molecule has 0 radical (unpaired) electrons. The van der Waals surface area contributed by atoms with Crippen LogP contribution in [-0.4, -0.2) is 32.8 Å². The van der Waals surface area contributed by atoms with Crippen LogP contribution < -0.4 is 10.2 Å². The fourth-order valence-electron chi connectivity index (χ4n) is 2.21. The third-order valence-electron chi connectivity index (χ3n) is 3.14. The van der Waals surface area contributed by atoms with E-state index in [9.17, 15) is 4.39 Å². The van der Waals surface area contributed by atoms with Crippen molar-refractivity contribution in [3.8, 4) is 0 Å². The molecule has 3 nitrogen and oxygen atoms in total. The van der Waals surface area contributed by atoms with Gasteiger partial charge in [0.05, 0.1) is 13.2 Å². The largest absolute Gasteiger partial charge is 0.378 e. The van der Waals surface area contributed by atoms with Crippen molar-refractivity contribution in [3.05, 3.63) is 29.6 Å². The van der Waals surface area contributed by atoms with E-state index in [1.54, 1.807) is 6.07 Å². The van der Waals surface area contributed by atoms with Crippen molar-refractivity contribution in [2.75, 3.05) is 37.7 Å². The molecule has 2 rings (SSSR count). The van der Waals surface area contributed by atoms with Gasteiger partial charge in [-0.3, -0.25) is 0 Å². The molecule has 0 aromatic heterocycles. The monoisotopic (exact) mass is 252 g/mol. The lowest BCUT2D eigenvalue weighted by Gasteiger charge is -2.30. The predicted octanol–water partition coefficient (Wildman–Crippen LogP) is 2.16. The standard InChI is InChI=1S/C14H21FN2O/c1-2-5-16-11-12-10-13(15)3-4-14(12)17-6-8-18-9-7-17/h3-4,10,16H,2,5-9,11H2,1H3. The van der Waals surface area contributed by atoms with Crippen LogP contribution in [0.4, 0.5) is 10.1 Å². The SMILES string of the molecule is CCCNCc1cc(F)ccc1N1CCOCC1. The molecule has 0 atom stereocenters. The van der Waals surface area contributed by atoms with E-state index in [0.717, 1.165) is 57.1 Å². The van der Waals surface area contributed by atoms with Crippen LogP contribution >= 0.6 is 0 Å². The summed E-state index contributed by atoms with van der Waals surface area (Å²) in [5, 5.41) is 3.33. The molecule has 1 fully saturated rings. The van der Waals surface area contributed by atoms with E-state index in [4.69, 9.17) is 4.74 Å². The van der Waals surface area contributed by atoms with Gasteiger partial charge in [0, 0.05) is 25.3 Å². The molecule has 0 unspecified atom stereocenters. The van der Waals surface area contributed by atoms with E-state index in [1.807, 2.05) is 6.07 Å². The molecule has 1 aliphatic heterocycles. The lowest BCUT2D eigenvalue weighted by molar-refractivity contribution is 0.122. The number of nitrogens with one attached hydrogen (secondary N) is 1. The van der Waals surface area contributed by atoms with Crippen molar-refractivity contribution in [3.63, 3.8) is 0 Å². The number of rotatable bonds is 5. The number of benzene rings is 1. The topological polar surface area (TPSA) is 24.5 Å². The Labute approximate surface area is 108 Å². The summed E-state index contributed by atoms with van der Waals surface area (Å²) < 4.78 is 18.7. The van der Waals surface area contributed by atoms with E-state index in [-0.39, 0.29) is 5.82 Å². The average Bonchev–Trinajstić information content (AvgIpc) is 2.40. The summed E-state index contributed by atoms with van der Waals surface area (Å²) in [5.74, 6) is -0.166. The van der Waals surface area contributed by atoms with Crippen molar-refractivity contribution >= 4 is 5.69 Å². The minimum absolute atomic E-state index is 0.166. The molecule has 0 saturated carbocycles. The third kappa shape index (κ3) is 3.43. The molecule has 1 aromatic carbocycles. The summed E-state index contributed by atoms with van der Waals surface area (Å²) in [6, 6.07) is 5.05. The maximum Gasteiger partial charge on any atom is 0.123 e. The first kappa shape index (κ1) is 13.3. The van der Waals surface area contributed by atoms with Crippen LogP contribution in [0.15, 0.2) is 18.2 Å². The summed E-state index contributed by atoms with van der Waals surface area (Å²) in [4.78, 5) is 2.27. The second-order valence-corrected chi connectivity index (χ2v) is 4.55. The van der Waals surface area contributed by atoms with E-state index < -0.39 is 0 Å². The Hall–Kier alpha value is -1.13. The van der Waals surface area contributed by atoms with E-state index in [1.165, 1.54) is 6.07 Å². The van der Waals surface area contributed by atoms with Gasteiger partial charge in [-0.2, -0.15) is 0 Å². The zero-order chi connectivity index (χ0) is 12.8. The first-order valence-electron chi connectivity index (χ1n) is 6.63. The van der Waals surface area contributed by atoms with Crippen LogP contribution in [0, 0.1) is 5.82 Å². The Balaban J connectivity index is 2.11. The first-order chi connectivity index (χ1) is 8.81. The fourth-order valence-corrected chi connectivity index (χ4v) is 2.21. The summed E-state index contributed by atoms with van der Waals surface area (Å²) in [5.41, 5.74) is 2.16. The number of ether oxygens (including phenoxy) is 1. The molecule has 0 aliphatic carbocycles. The molecular formula is C14H21FN2O. The normalized spacial score (nSPS) is 16.0. The maximum atomic E-state index is 13.4. The van der Waals surface area contributed by atoms with Gasteiger partial charge >= 0.3 is 0 Å². The van der Waals surface area contributed by atoms with E-state index in [2.05, 4.69) is 17.1 Å². The maximum absolute atomic E-state index is 13.4. The summed E-state index contributed by atoms with van der Waals surface area (Å²) in [6.45, 7) is 7.07. The van der Waals surface area contributed by atoms with Crippen molar-refractivity contribution in [1.29, 1.82) is 0 Å². The highest BCUT2D eigenvalue weighted by atomic mass is 19.1. The van der Waals surface area contributed by atoms with Crippen molar-refractivity contribution in [1.82, 2.24) is 5.32 Å². The molecule has 100 valence electrons. The minimum Gasteiger partial charge on any atom is -0.378 e. The third-order valence-corrected chi connectivity index (χ3v) is 3.14. The molecule has 1 saturated heterocycles. The number of morpholine rings is 1. The van der Waals surface area contributed by atoms with Crippen LogP contribution in [0.3, 0.4) is 0 Å². The number of anilines is 1. The number of hydrogen-bond acceptors (Lipinski definition) is 3. The smallest absolute Gasteiger partial charge is 0.123 e. The zero-order valence-corrected chi connectivity index (χ0v) is 10.9. The molecule has 1 N–H and O–H groups in total. The quantitative estimate of drug-likeness (QED) is 0.813. The highest BCUT2D eigenvalue weighted by Gasteiger charge is 2.14. The van der Waals surface area contributed by atoms with Crippen LogP contribution in [0.25, 0.3) is 0 Å². The molecule has 0 amide bonds. The molecular weight excluding hydrogens is 231 g/mol. The lowest BCUT2D eigenvalue weighted by atomic mass is 10.1. The summed E-state index contributed by atoms with van der Waals surface area (Å²) >= 11 is 0. The number of hydrogen-bond donors (Lipinski definition) is 1. The highest BCUT2D eigenvalue weighted by molar-refractivity contribution is 5.54. The van der Waals surface area contributed by atoms with Crippen LogP contribution in [0.2, 0.25) is 0 Å². The van der Waals surface area contributed by atoms with Gasteiger partial charge in [-0.25, -0.2) is 4.39 Å². The summed E-state index contributed by atoms with van der Waals surface area (Å²) in [7, 11) is 0. The molecule has 4 heteroatoms. The molecule has 1 aromatic rings.